The fraction of sp³-hybridized carbons (Fsp3) is 0.640. The van der Waals surface area contributed by atoms with Crippen LogP contribution in [0.5, 0.6) is 17.2 Å². The monoisotopic (exact) mass is 418 g/mol. The number of carbonyl (C=O) groups excluding carboxylic acids is 1. The Bertz CT molecular complexity index is 685. The lowest BCUT2D eigenvalue weighted by Crippen LogP contribution is -2.08. The van der Waals surface area contributed by atoms with Crippen LogP contribution in [0.1, 0.15) is 84.6 Å². The Morgan fingerprint density at radius 2 is 1.27 bits per heavy atom. The third-order valence-corrected chi connectivity index (χ3v) is 4.47. The number of ether oxygens (including phenoxy) is 4. The normalized spacial score (nSPS) is 10.1. The van der Waals surface area contributed by atoms with Crippen LogP contribution in [0.4, 0.5) is 0 Å². The molecule has 0 heterocycles. The van der Waals surface area contributed by atoms with E-state index >= 15 is 0 Å². The topological polar surface area (TPSA) is 54.0 Å². The van der Waals surface area contributed by atoms with Gasteiger partial charge in [-0.3, -0.25) is 0 Å². The molecule has 5 nitrogen and oxygen atoms in total. The van der Waals surface area contributed by atoms with Gasteiger partial charge >= 0.3 is 0 Å². The quantitative estimate of drug-likeness (QED) is 0.127. The third kappa shape index (κ3) is 8.98. The van der Waals surface area contributed by atoms with E-state index in [9.17, 15) is 4.79 Å². The molecule has 0 saturated carbocycles. The van der Waals surface area contributed by atoms with Gasteiger partial charge in [0.1, 0.15) is 0 Å². The highest BCUT2D eigenvalue weighted by molar-refractivity contribution is 5.74. The van der Waals surface area contributed by atoms with Crippen molar-refractivity contribution in [1.82, 2.24) is 0 Å². The van der Waals surface area contributed by atoms with Crippen molar-refractivity contribution in [3.8, 4) is 17.2 Å². The number of unbranched alkanes of at least 4 members (excludes halogenated alkanes) is 4. The molecule has 0 aliphatic carbocycles. The second-order valence-electron chi connectivity index (χ2n) is 7.13. The van der Waals surface area contributed by atoms with Crippen molar-refractivity contribution in [1.29, 1.82) is 0 Å². The van der Waals surface area contributed by atoms with E-state index in [2.05, 4.69) is 33.4 Å². The van der Waals surface area contributed by atoms with E-state index in [1.165, 1.54) is 0 Å². The molecule has 0 aliphatic heterocycles. The first-order valence-corrected chi connectivity index (χ1v) is 11.4. The molecule has 1 aromatic rings. The van der Waals surface area contributed by atoms with E-state index in [1.54, 1.807) is 5.94 Å². The van der Waals surface area contributed by atoms with E-state index in [0.717, 1.165) is 51.4 Å². The molecule has 0 fully saturated rings. The molecule has 0 amide bonds. The van der Waals surface area contributed by atoms with Gasteiger partial charge in [-0.1, -0.05) is 53.4 Å². The molecule has 0 radical (unpaired) electrons. The van der Waals surface area contributed by atoms with Crippen LogP contribution >= 0.6 is 0 Å². The third-order valence-electron chi connectivity index (χ3n) is 4.47. The summed E-state index contributed by atoms with van der Waals surface area (Å²) in [5.41, 5.74) is 3.21. The Morgan fingerprint density at radius 1 is 0.733 bits per heavy atom. The summed E-state index contributed by atoms with van der Waals surface area (Å²) < 4.78 is 24.1. The molecule has 5 heteroatoms. The van der Waals surface area contributed by atoms with Crippen molar-refractivity contribution >= 4 is 11.7 Å². The van der Waals surface area contributed by atoms with E-state index in [-0.39, 0.29) is 0 Å². The number of rotatable bonds is 17. The van der Waals surface area contributed by atoms with Crippen LogP contribution in [-0.4, -0.2) is 32.4 Å². The Kier molecular flexibility index (Phi) is 14.1. The molecule has 0 unspecified atom stereocenters. The van der Waals surface area contributed by atoms with E-state index in [0.29, 0.717) is 55.0 Å². The van der Waals surface area contributed by atoms with Gasteiger partial charge in [0.25, 0.3) is 0 Å². The number of benzene rings is 1. The summed E-state index contributed by atoms with van der Waals surface area (Å²) >= 11 is 0. The standard InChI is InChI=1S/C25H38O5/c1-5-9-17-27-22(15-16-26)21-13-14-23(28-18-10-6-2)25(30-20-12-8-4)24(21)29-19-11-7-3/h13-14H,5-12,17-20H2,1-4H3. The van der Waals surface area contributed by atoms with Crippen molar-refractivity contribution in [2.75, 3.05) is 26.4 Å². The van der Waals surface area contributed by atoms with Crippen LogP contribution in [0, 0.1) is 0 Å². The van der Waals surface area contributed by atoms with Gasteiger partial charge in [0, 0.05) is 5.73 Å². The molecule has 30 heavy (non-hydrogen) atoms. The zero-order valence-corrected chi connectivity index (χ0v) is 19.2. The van der Waals surface area contributed by atoms with Gasteiger partial charge < -0.3 is 18.9 Å². The maximum Gasteiger partial charge on any atom is 0.204 e. The van der Waals surface area contributed by atoms with Crippen LogP contribution in [-0.2, 0) is 9.53 Å². The highest BCUT2D eigenvalue weighted by Gasteiger charge is 2.21. The van der Waals surface area contributed by atoms with Crippen molar-refractivity contribution in [3.05, 3.63) is 23.4 Å². The molecule has 1 aromatic carbocycles. The molecule has 0 aliphatic rings. The molecule has 0 aromatic heterocycles. The average Bonchev–Trinajstić information content (AvgIpc) is 2.75. The van der Waals surface area contributed by atoms with Crippen LogP contribution in [0.3, 0.4) is 0 Å². The molecular formula is C25H38O5. The molecule has 168 valence electrons. The van der Waals surface area contributed by atoms with Crippen molar-refractivity contribution < 1.29 is 23.7 Å². The fourth-order valence-electron chi connectivity index (χ4n) is 2.63. The largest absolute Gasteiger partial charge is 0.490 e. The van der Waals surface area contributed by atoms with E-state index in [4.69, 9.17) is 18.9 Å². The molecule has 0 bridgehead atoms. The summed E-state index contributed by atoms with van der Waals surface area (Å²) in [6.07, 6.45) is 7.76. The minimum Gasteiger partial charge on any atom is -0.490 e. The number of hydrogen-bond acceptors (Lipinski definition) is 5. The summed E-state index contributed by atoms with van der Waals surface area (Å²) in [6.45, 7) is 10.7. The molecule has 0 atom stereocenters. The van der Waals surface area contributed by atoms with Crippen LogP contribution in [0.15, 0.2) is 17.9 Å². The fourth-order valence-corrected chi connectivity index (χ4v) is 2.63. The van der Waals surface area contributed by atoms with Crippen LogP contribution in [0.25, 0.3) is 5.76 Å². The Hall–Kier alpha value is -2.35. The minimum absolute atomic E-state index is 0.324. The zero-order valence-electron chi connectivity index (χ0n) is 19.2. The van der Waals surface area contributed by atoms with Gasteiger partial charge in [0.2, 0.25) is 5.75 Å². The second-order valence-corrected chi connectivity index (χ2v) is 7.13. The Morgan fingerprint density at radius 3 is 1.83 bits per heavy atom. The van der Waals surface area contributed by atoms with Gasteiger partial charge in [-0.15, -0.1) is 0 Å². The summed E-state index contributed by atoms with van der Waals surface area (Å²) in [4.78, 5) is 11.1. The number of hydrogen-bond donors (Lipinski definition) is 0. The van der Waals surface area contributed by atoms with E-state index in [1.807, 2.05) is 12.1 Å². The van der Waals surface area contributed by atoms with E-state index < -0.39 is 0 Å². The molecule has 1 rings (SSSR count). The first kappa shape index (κ1) is 25.7. The first-order chi connectivity index (χ1) is 14.7. The Labute approximate surface area is 182 Å². The SMILES string of the molecule is CCCCOC(=C=C=O)c1ccc(OCCCC)c(OCCCC)c1OCCCC. The van der Waals surface area contributed by atoms with Gasteiger partial charge in [-0.25, -0.2) is 4.79 Å². The van der Waals surface area contributed by atoms with Gasteiger partial charge in [0.15, 0.2) is 23.2 Å². The lowest BCUT2D eigenvalue weighted by atomic mass is 10.1. The van der Waals surface area contributed by atoms with Crippen molar-refractivity contribution in [2.45, 2.75) is 79.1 Å². The maximum absolute atomic E-state index is 11.1. The van der Waals surface area contributed by atoms with Crippen LogP contribution in [0.2, 0.25) is 0 Å². The summed E-state index contributed by atoms with van der Waals surface area (Å²) in [7, 11) is 0. The van der Waals surface area contributed by atoms with Crippen LogP contribution < -0.4 is 14.2 Å². The minimum atomic E-state index is 0.324. The molecule has 0 N–H and O–H groups in total. The molecular weight excluding hydrogens is 380 g/mol. The van der Waals surface area contributed by atoms with Crippen molar-refractivity contribution in [3.63, 3.8) is 0 Å². The highest BCUT2D eigenvalue weighted by Crippen LogP contribution is 2.43. The summed E-state index contributed by atoms with van der Waals surface area (Å²) in [5.74, 6) is 3.81. The summed E-state index contributed by atoms with van der Waals surface area (Å²) in [6, 6.07) is 3.70. The van der Waals surface area contributed by atoms with Gasteiger partial charge in [-0.2, -0.15) is 0 Å². The first-order valence-electron chi connectivity index (χ1n) is 11.4. The Balaban J connectivity index is 3.39. The average molecular weight is 419 g/mol. The molecule has 0 spiro atoms. The lowest BCUT2D eigenvalue weighted by molar-refractivity contribution is 0.233. The smallest absolute Gasteiger partial charge is 0.204 e. The predicted molar refractivity (Wildman–Crippen MR) is 121 cm³/mol. The van der Waals surface area contributed by atoms with Gasteiger partial charge in [-0.05, 0) is 37.8 Å². The van der Waals surface area contributed by atoms with Gasteiger partial charge in [0.05, 0.1) is 32.0 Å². The maximum atomic E-state index is 11.1. The summed E-state index contributed by atoms with van der Waals surface area (Å²) in [5, 5.41) is 0. The molecule has 0 saturated heterocycles. The zero-order chi connectivity index (χ0) is 22.0. The lowest BCUT2D eigenvalue weighted by Gasteiger charge is -2.20. The second kappa shape index (κ2) is 16.4. The predicted octanol–water partition coefficient (Wildman–Crippen LogP) is 6.37. The van der Waals surface area contributed by atoms with Crippen molar-refractivity contribution in [2.24, 2.45) is 0 Å². The highest BCUT2D eigenvalue weighted by atomic mass is 16.5.